The molecule has 1 saturated carbocycles. The maximum Gasteiger partial charge on any atom is 0.501 e. The van der Waals surface area contributed by atoms with Crippen molar-refractivity contribution in [3.63, 3.8) is 0 Å². The molecule has 1 aliphatic carbocycles. The minimum Gasteiger partial charge on any atom is -0.310 e. The highest BCUT2D eigenvalue weighted by Gasteiger charge is 2.46. The molecule has 2 aromatic rings. The Labute approximate surface area is 188 Å². The van der Waals surface area contributed by atoms with E-state index in [0.717, 1.165) is 37.8 Å². The monoisotopic (exact) mass is 520 g/mol. The number of alkyl halides is 4. The number of carbonyl (C=O) groups excluding carboxylic acids is 1. The number of halogens is 4. The molecule has 1 N–H and O–H groups in total. The zero-order valence-electron chi connectivity index (χ0n) is 16.9. The van der Waals surface area contributed by atoms with Gasteiger partial charge < -0.3 is 5.32 Å². The Hall–Kier alpha value is -1.94. The van der Waals surface area contributed by atoms with Crippen molar-refractivity contribution < 1.29 is 26.4 Å². The molecule has 1 fully saturated rings. The van der Waals surface area contributed by atoms with Gasteiger partial charge in [-0.1, -0.05) is 59.8 Å². The first kappa shape index (κ1) is 25.3. The van der Waals surface area contributed by atoms with Gasteiger partial charge in [0.15, 0.2) is 0 Å². The first-order valence-electron chi connectivity index (χ1n) is 9.69. The molecule has 0 spiro atoms. The minimum atomic E-state index is -5.42. The standard InChI is InChI=1S/C20H21F3N2O3S.CH3Br/c21-20(22,23)29(27,28)16-10-8-15(9-11-16)17(13-14-5-1-2-6-14)19(26)25-18-7-3-4-12-24-18;1-2/h3-4,7-12,14,17H,1-2,5-6,13H2,(H,24,25,26);1H3. The minimum absolute atomic E-state index is 0.318. The Morgan fingerprint density at radius 1 is 1.13 bits per heavy atom. The van der Waals surface area contributed by atoms with Crippen molar-refractivity contribution in [3.05, 3.63) is 54.2 Å². The fourth-order valence-electron chi connectivity index (χ4n) is 3.64. The Kier molecular flexibility index (Phi) is 9.05. The number of rotatable bonds is 6. The van der Waals surface area contributed by atoms with E-state index >= 15 is 0 Å². The van der Waals surface area contributed by atoms with E-state index in [9.17, 15) is 26.4 Å². The third-order valence-electron chi connectivity index (χ3n) is 5.17. The molecule has 3 rings (SSSR count). The van der Waals surface area contributed by atoms with E-state index in [0.29, 0.717) is 23.7 Å². The summed E-state index contributed by atoms with van der Waals surface area (Å²) < 4.78 is 61.4. The van der Waals surface area contributed by atoms with Crippen LogP contribution in [0.4, 0.5) is 19.0 Å². The van der Waals surface area contributed by atoms with E-state index in [2.05, 4.69) is 26.2 Å². The summed E-state index contributed by atoms with van der Waals surface area (Å²) in [7, 11) is -5.42. The van der Waals surface area contributed by atoms with Crippen LogP contribution in [0, 0.1) is 5.92 Å². The molecule has 170 valence electrons. The molecule has 1 amide bonds. The third kappa shape index (κ3) is 6.52. The second-order valence-electron chi connectivity index (χ2n) is 7.16. The second kappa shape index (κ2) is 11.1. The average molecular weight is 521 g/mol. The number of benzene rings is 1. The van der Waals surface area contributed by atoms with Gasteiger partial charge in [-0.3, -0.25) is 4.79 Å². The van der Waals surface area contributed by atoms with E-state index in [1.807, 2.05) is 5.83 Å². The van der Waals surface area contributed by atoms with E-state index in [1.165, 1.54) is 12.1 Å². The number of nitrogens with zero attached hydrogens (tertiary/aromatic N) is 1. The highest BCUT2D eigenvalue weighted by atomic mass is 79.9. The van der Waals surface area contributed by atoms with Crippen LogP contribution in [0.3, 0.4) is 0 Å². The van der Waals surface area contributed by atoms with Gasteiger partial charge in [0.1, 0.15) is 5.82 Å². The molecular formula is C21H24BrF3N2O3S. The highest BCUT2D eigenvalue weighted by Crippen LogP contribution is 2.36. The van der Waals surface area contributed by atoms with Crippen LogP contribution in [0.2, 0.25) is 0 Å². The Morgan fingerprint density at radius 3 is 2.26 bits per heavy atom. The number of sulfone groups is 1. The Morgan fingerprint density at radius 2 is 1.74 bits per heavy atom. The van der Waals surface area contributed by atoms with Crippen molar-refractivity contribution in [1.82, 2.24) is 4.98 Å². The topological polar surface area (TPSA) is 76.1 Å². The van der Waals surface area contributed by atoms with Crippen LogP contribution < -0.4 is 5.32 Å². The van der Waals surface area contributed by atoms with Gasteiger partial charge in [0.05, 0.1) is 10.8 Å². The summed E-state index contributed by atoms with van der Waals surface area (Å²) in [5, 5.41) is 2.74. The summed E-state index contributed by atoms with van der Waals surface area (Å²) in [5.41, 5.74) is -4.89. The number of carbonyl (C=O) groups is 1. The van der Waals surface area contributed by atoms with Crippen LogP contribution in [-0.2, 0) is 14.6 Å². The van der Waals surface area contributed by atoms with E-state index < -0.39 is 26.2 Å². The highest BCUT2D eigenvalue weighted by molar-refractivity contribution is 9.08. The summed E-state index contributed by atoms with van der Waals surface area (Å²) in [6, 6.07) is 9.48. The zero-order valence-corrected chi connectivity index (χ0v) is 19.3. The second-order valence-corrected chi connectivity index (χ2v) is 9.10. The summed E-state index contributed by atoms with van der Waals surface area (Å²) in [5.74, 6) is 1.61. The van der Waals surface area contributed by atoms with Crippen LogP contribution in [0.1, 0.15) is 43.6 Å². The lowest BCUT2D eigenvalue weighted by molar-refractivity contribution is -0.118. The van der Waals surface area contributed by atoms with Crippen LogP contribution in [-0.4, -0.2) is 30.7 Å². The molecule has 0 radical (unpaired) electrons. The summed E-state index contributed by atoms with van der Waals surface area (Å²) in [6.45, 7) is 0. The number of anilines is 1. The van der Waals surface area contributed by atoms with Crippen LogP contribution in [0.25, 0.3) is 0 Å². The number of pyridine rings is 1. The number of aromatic nitrogens is 1. The van der Waals surface area contributed by atoms with Gasteiger partial charge in [0.2, 0.25) is 5.91 Å². The first-order valence-corrected chi connectivity index (χ1v) is 12.8. The van der Waals surface area contributed by atoms with Crippen molar-refractivity contribution in [2.45, 2.75) is 48.4 Å². The van der Waals surface area contributed by atoms with Gasteiger partial charge in [-0.05, 0) is 48.0 Å². The molecule has 1 aromatic carbocycles. The first-order chi connectivity index (χ1) is 14.7. The predicted octanol–water partition coefficient (Wildman–Crippen LogP) is 5.69. The molecular weight excluding hydrogens is 497 g/mol. The SMILES string of the molecule is CBr.O=C(Nc1ccccn1)C(CC1CCCC1)c1ccc(S(=O)(=O)C(F)(F)F)cc1. The van der Waals surface area contributed by atoms with Gasteiger partial charge in [-0.25, -0.2) is 13.4 Å². The van der Waals surface area contributed by atoms with Crippen molar-refractivity contribution in [3.8, 4) is 0 Å². The van der Waals surface area contributed by atoms with Crippen molar-refractivity contribution in [1.29, 1.82) is 0 Å². The van der Waals surface area contributed by atoms with E-state index in [1.54, 1.807) is 24.4 Å². The van der Waals surface area contributed by atoms with Gasteiger partial charge >= 0.3 is 5.51 Å². The molecule has 0 aliphatic heterocycles. The Balaban J connectivity index is 0.00000166. The Bertz CT molecular complexity index is 946. The fraction of sp³-hybridized carbons (Fsp3) is 0.429. The van der Waals surface area contributed by atoms with E-state index in [-0.39, 0.29) is 5.91 Å². The van der Waals surface area contributed by atoms with Crippen LogP contribution >= 0.6 is 15.9 Å². The number of nitrogens with one attached hydrogen (secondary N) is 1. The van der Waals surface area contributed by atoms with Gasteiger partial charge in [0.25, 0.3) is 9.84 Å². The molecule has 1 aromatic heterocycles. The molecule has 5 nitrogen and oxygen atoms in total. The molecule has 1 aliphatic rings. The van der Waals surface area contributed by atoms with E-state index in [4.69, 9.17) is 0 Å². The summed E-state index contributed by atoms with van der Waals surface area (Å²) in [4.78, 5) is 16.1. The number of hydrogen-bond acceptors (Lipinski definition) is 4. The quantitative estimate of drug-likeness (QED) is 0.496. The van der Waals surface area contributed by atoms with Crippen LogP contribution in [0.15, 0.2) is 53.6 Å². The molecule has 31 heavy (non-hydrogen) atoms. The summed E-state index contributed by atoms with van der Waals surface area (Å²) >= 11 is 2.94. The predicted molar refractivity (Wildman–Crippen MR) is 117 cm³/mol. The third-order valence-corrected chi connectivity index (χ3v) is 6.68. The maximum atomic E-state index is 12.9. The lowest BCUT2D eigenvalue weighted by atomic mass is 9.87. The molecule has 0 saturated heterocycles. The van der Waals surface area contributed by atoms with Crippen LogP contribution in [0.5, 0.6) is 0 Å². The molecule has 0 bridgehead atoms. The maximum absolute atomic E-state index is 12.9. The van der Waals surface area contributed by atoms with Crippen molar-refractivity contribution >= 4 is 37.5 Å². The summed E-state index contributed by atoms with van der Waals surface area (Å²) in [6.07, 6.45) is 6.24. The lowest BCUT2D eigenvalue weighted by Crippen LogP contribution is -2.25. The van der Waals surface area contributed by atoms with Gasteiger partial charge in [-0.2, -0.15) is 13.2 Å². The fourth-order valence-corrected chi connectivity index (χ4v) is 4.40. The zero-order chi connectivity index (χ0) is 23.1. The van der Waals surface area contributed by atoms with Crippen molar-refractivity contribution in [2.75, 3.05) is 11.1 Å². The molecule has 1 unspecified atom stereocenters. The largest absolute Gasteiger partial charge is 0.501 e. The molecule has 1 heterocycles. The molecule has 1 atom stereocenters. The molecule has 10 heteroatoms. The average Bonchev–Trinajstić information content (AvgIpc) is 3.27. The number of amides is 1. The normalized spacial score (nSPS) is 15.6. The number of hydrogen-bond donors (Lipinski definition) is 1. The van der Waals surface area contributed by atoms with Gasteiger partial charge in [0, 0.05) is 6.20 Å². The smallest absolute Gasteiger partial charge is 0.310 e. The lowest BCUT2D eigenvalue weighted by Gasteiger charge is -2.21. The van der Waals surface area contributed by atoms with Crippen molar-refractivity contribution in [2.24, 2.45) is 5.92 Å². The van der Waals surface area contributed by atoms with Gasteiger partial charge in [-0.15, -0.1) is 0 Å².